The van der Waals surface area contributed by atoms with Gasteiger partial charge in [0.25, 0.3) is 0 Å². The van der Waals surface area contributed by atoms with Gasteiger partial charge in [-0.1, -0.05) is 23.7 Å². The molecule has 2 N–H and O–H groups in total. The van der Waals surface area contributed by atoms with Crippen LogP contribution in [0.1, 0.15) is 18.6 Å². The van der Waals surface area contributed by atoms with Gasteiger partial charge >= 0.3 is 5.97 Å². The average molecular weight is 258 g/mol. The summed E-state index contributed by atoms with van der Waals surface area (Å²) in [7, 11) is 1.33. The van der Waals surface area contributed by atoms with Gasteiger partial charge in [-0.05, 0) is 24.6 Å². The molecule has 0 amide bonds. The van der Waals surface area contributed by atoms with Crippen LogP contribution in [-0.2, 0) is 9.53 Å². The number of hydrogen-bond acceptors (Lipinski definition) is 4. The van der Waals surface area contributed by atoms with E-state index in [1.807, 2.05) is 0 Å². The first-order chi connectivity index (χ1) is 8.04. The van der Waals surface area contributed by atoms with Gasteiger partial charge in [0.05, 0.1) is 13.2 Å². The molecule has 0 unspecified atom stereocenters. The van der Waals surface area contributed by atoms with E-state index < -0.39 is 12.1 Å². The zero-order chi connectivity index (χ0) is 12.8. The summed E-state index contributed by atoms with van der Waals surface area (Å²) < 4.78 is 4.56. The van der Waals surface area contributed by atoms with Crippen molar-refractivity contribution in [2.24, 2.45) is 0 Å². The molecular weight excluding hydrogens is 242 g/mol. The molecule has 0 fully saturated rings. The van der Waals surface area contributed by atoms with Gasteiger partial charge in [0.15, 0.2) is 0 Å². The van der Waals surface area contributed by atoms with Gasteiger partial charge in [-0.15, -0.1) is 0 Å². The van der Waals surface area contributed by atoms with Gasteiger partial charge in [0, 0.05) is 11.6 Å². The third-order valence-electron chi connectivity index (χ3n) is 2.41. The van der Waals surface area contributed by atoms with Crippen molar-refractivity contribution in [1.82, 2.24) is 5.32 Å². The number of carbonyl (C=O) groups is 1. The Balaban J connectivity index is 2.50. The summed E-state index contributed by atoms with van der Waals surface area (Å²) in [6, 6.07) is 6.53. The number of benzene rings is 1. The first-order valence-electron chi connectivity index (χ1n) is 5.29. The van der Waals surface area contributed by atoms with Gasteiger partial charge in [-0.25, -0.2) is 0 Å². The first-order valence-corrected chi connectivity index (χ1v) is 5.67. The minimum atomic E-state index is -0.708. The standard InChI is InChI=1S/C12H16ClNO3/c1-8(12(16)17-2)14-7-11(15)9-4-3-5-10(13)6-9/h3-6,8,11,14-15H,7H2,1-2H3/t8-,11+/m1/s1. The Hall–Kier alpha value is -1.10. The minimum absolute atomic E-state index is 0.261. The SMILES string of the molecule is COC(=O)[C@@H](C)NC[C@H](O)c1cccc(Cl)c1. The first kappa shape index (κ1) is 14.0. The lowest BCUT2D eigenvalue weighted by Crippen LogP contribution is -2.37. The number of carbonyl (C=O) groups excluding carboxylic acids is 1. The molecule has 94 valence electrons. The highest BCUT2D eigenvalue weighted by atomic mass is 35.5. The Morgan fingerprint density at radius 1 is 1.59 bits per heavy atom. The van der Waals surface area contributed by atoms with E-state index in [1.54, 1.807) is 31.2 Å². The quantitative estimate of drug-likeness (QED) is 0.786. The highest BCUT2D eigenvalue weighted by Gasteiger charge is 2.15. The second kappa shape index (κ2) is 6.59. The third-order valence-corrected chi connectivity index (χ3v) is 2.64. The zero-order valence-electron chi connectivity index (χ0n) is 9.81. The molecule has 0 radical (unpaired) electrons. The smallest absolute Gasteiger partial charge is 0.322 e. The van der Waals surface area contributed by atoms with Crippen LogP contribution in [0.4, 0.5) is 0 Å². The topological polar surface area (TPSA) is 58.6 Å². The van der Waals surface area contributed by atoms with Crippen molar-refractivity contribution in [2.45, 2.75) is 19.1 Å². The van der Waals surface area contributed by atoms with Crippen molar-refractivity contribution in [3.63, 3.8) is 0 Å². The van der Waals surface area contributed by atoms with Crippen molar-refractivity contribution in [3.8, 4) is 0 Å². The maximum absolute atomic E-state index is 11.1. The lowest BCUT2D eigenvalue weighted by atomic mass is 10.1. The predicted molar refractivity (Wildman–Crippen MR) is 65.9 cm³/mol. The van der Waals surface area contributed by atoms with Crippen LogP contribution < -0.4 is 5.32 Å². The van der Waals surface area contributed by atoms with Crippen LogP contribution in [0.2, 0.25) is 5.02 Å². The summed E-state index contributed by atoms with van der Waals surface area (Å²) >= 11 is 5.82. The Morgan fingerprint density at radius 3 is 2.88 bits per heavy atom. The molecule has 0 aliphatic carbocycles. The largest absolute Gasteiger partial charge is 0.468 e. The maximum atomic E-state index is 11.1. The number of rotatable bonds is 5. The molecule has 0 aliphatic rings. The molecule has 4 nitrogen and oxygen atoms in total. The normalized spacial score (nSPS) is 14.1. The molecule has 1 aromatic carbocycles. The highest BCUT2D eigenvalue weighted by Crippen LogP contribution is 2.17. The lowest BCUT2D eigenvalue weighted by molar-refractivity contribution is -0.142. The summed E-state index contributed by atoms with van der Waals surface area (Å²) in [5, 5.41) is 13.3. The fraction of sp³-hybridized carbons (Fsp3) is 0.417. The predicted octanol–water partition coefficient (Wildman–Crippen LogP) is 1.52. The van der Waals surface area contributed by atoms with Gasteiger partial charge < -0.3 is 15.2 Å². The Bertz CT molecular complexity index is 384. The number of esters is 1. The molecule has 0 heterocycles. The molecule has 2 atom stereocenters. The molecule has 0 spiro atoms. The molecule has 0 bridgehead atoms. The molecule has 1 rings (SSSR count). The van der Waals surface area contributed by atoms with Crippen LogP contribution in [0, 0.1) is 0 Å². The number of nitrogens with one attached hydrogen (secondary N) is 1. The van der Waals surface area contributed by atoms with Crippen LogP contribution in [0.25, 0.3) is 0 Å². The summed E-state index contributed by atoms with van der Waals surface area (Å²) in [4.78, 5) is 11.1. The average Bonchev–Trinajstić information content (AvgIpc) is 2.34. The van der Waals surface area contributed by atoms with E-state index in [1.165, 1.54) is 7.11 Å². The van der Waals surface area contributed by atoms with Crippen molar-refractivity contribution < 1.29 is 14.6 Å². The number of aliphatic hydroxyl groups excluding tert-OH is 1. The summed E-state index contributed by atoms with van der Waals surface area (Å²) in [6.45, 7) is 1.94. The molecule has 0 aromatic heterocycles. The molecule has 0 saturated carbocycles. The third kappa shape index (κ3) is 4.34. The number of halogens is 1. The van der Waals surface area contributed by atoms with Crippen molar-refractivity contribution in [1.29, 1.82) is 0 Å². The Kier molecular flexibility index (Phi) is 5.41. The number of hydrogen-bond donors (Lipinski definition) is 2. The van der Waals surface area contributed by atoms with E-state index in [-0.39, 0.29) is 12.5 Å². The fourth-order valence-corrected chi connectivity index (χ4v) is 1.58. The van der Waals surface area contributed by atoms with Crippen molar-refractivity contribution in [3.05, 3.63) is 34.9 Å². The Labute approximate surface area is 106 Å². The van der Waals surface area contributed by atoms with Crippen molar-refractivity contribution >= 4 is 17.6 Å². The van der Waals surface area contributed by atoms with Gasteiger partial charge in [0.1, 0.15) is 6.04 Å². The van der Waals surface area contributed by atoms with Crippen LogP contribution in [0.3, 0.4) is 0 Å². The van der Waals surface area contributed by atoms with Crippen LogP contribution in [0.5, 0.6) is 0 Å². The molecule has 0 aliphatic heterocycles. The molecule has 17 heavy (non-hydrogen) atoms. The Morgan fingerprint density at radius 2 is 2.29 bits per heavy atom. The second-order valence-electron chi connectivity index (χ2n) is 3.72. The molecule has 5 heteroatoms. The highest BCUT2D eigenvalue weighted by molar-refractivity contribution is 6.30. The van der Waals surface area contributed by atoms with Crippen LogP contribution >= 0.6 is 11.6 Å². The van der Waals surface area contributed by atoms with Crippen LogP contribution in [-0.4, -0.2) is 30.8 Å². The van der Waals surface area contributed by atoms with E-state index in [0.717, 1.165) is 0 Å². The monoisotopic (exact) mass is 257 g/mol. The van der Waals surface area contributed by atoms with E-state index in [9.17, 15) is 9.90 Å². The number of ether oxygens (including phenoxy) is 1. The maximum Gasteiger partial charge on any atom is 0.322 e. The summed E-state index contributed by atoms with van der Waals surface area (Å²) in [5.41, 5.74) is 0.710. The zero-order valence-corrected chi connectivity index (χ0v) is 10.6. The van der Waals surface area contributed by atoms with E-state index in [4.69, 9.17) is 11.6 Å². The number of methoxy groups -OCH3 is 1. The van der Waals surface area contributed by atoms with Crippen molar-refractivity contribution in [2.75, 3.05) is 13.7 Å². The molecule has 0 saturated heterocycles. The summed E-state index contributed by atoms with van der Waals surface area (Å²) in [6.07, 6.45) is -0.708. The fourth-order valence-electron chi connectivity index (χ4n) is 1.38. The summed E-state index contributed by atoms with van der Waals surface area (Å²) in [5.74, 6) is -0.358. The van der Waals surface area contributed by atoms with E-state index >= 15 is 0 Å². The van der Waals surface area contributed by atoms with E-state index in [0.29, 0.717) is 10.6 Å². The lowest BCUT2D eigenvalue weighted by Gasteiger charge is -2.15. The minimum Gasteiger partial charge on any atom is -0.468 e. The molecule has 1 aromatic rings. The second-order valence-corrected chi connectivity index (χ2v) is 4.16. The van der Waals surface area contributed by atoms with Gasteiger partial charge in [-0.3, -0.25) is 4.79 Å². The number of aliphatic hydroxyl groups is 1. The van der Waals surface area contributed by atoms with Gasteiger partial charge in [0.2, 0.25) is 0 Å². The van der Waals surface area contributed by atoms with Gasteiger partial charge in [-0.2, -0.15) is 0 Å². The van der Waals surface area contributed by atoms with Crippen LogP contribution in [0.15, 0.2) is 24.3 Å². The van der Waals surface area contributed by atoms with E-state index in [2.05, 4.69) is 10.1 Å². The molecular formula is C12H16ClNO3.